The third-order valence-electron chi connectivity index (χ3n) is 1.04. The Morgan fingerprint density at radius 1 is 1.70 bits per heavy atom. The SMILES string of the molecule is [CH]C(=O)c1ccncc1Cl. The summed E-state index contributed by atoms with van der Waals surface area (Å²) in [7, 11) is 0. The second kappa shape index (κ2) is 2.80. The summed E-state index contributed by atoms with van der Waals surface area (Å²) in [6.45, 7) is 4.96. The highest BCUT2D eigenvalue weighted by Gasteiger charge is 2.02. The van der Waals surface area contributed by atoms with Crippen LogP contribution in [0.1, 0.15) is 10.4 Å². The summed E-state index contributed by atoms with van der Waals surface area (Å²) in [6, 6.07) is 1.48. The third-order valence-corrected chi connectivity index (χ3v) is 1.34. The number of halogens is 1. The minimum atomic E-state index is -0.535. The Labute approximate surface area is 63.8 Å². The van der Waals surface area contributed by atoms with Gasteiger partial charge in [0.2, 0.25) is 0 Å². The Hall–Kier alpha value is -0.890. The minimum Gasteiger partial charge on any atom is -0.294 e. The van der Waals surface area contributed by atoms with E-state index in [0.29, 0.717) is 5.56 Å². The molecule has 3 heteroatoms. The molecule has 2 nitrogen and oxygen atoms in total. The van der Waals surface area contributed by atoms with E-state index in [1.165, 1.54) is 18.5 Å². The zero-order valence-electron chi connectivity index (χ0n) is 5.04. The first kappa shape index (κ1) is 7.22. The largest absolute Gasteiger partial charge is 0.294 e. The second-order valence-electron chi connectivity index (χ2n) is 1.72. The van der Waals surface area contributed by atoms with Gasteiger partial charge in [-0.2, -0.15) is 0 Å². The van der Waals surface area contributed by atoms with Gasteiger partial charge in [0, 0.05) is 24.9 Å². The molecule has 1 aromatic heterocycles. The molecule has 0 bridgehead atoms. The van der Waals surface area contributed by atoms with Gasteiger partial charge >= 0.3 is 0 Å². The molecule has 0 aliphatic heterocycles. The molecule has 1 rings (SSSR count). The van der Waals surface area contributed by atoms with E-state index in [2.05, 4.69) is 4.98 Å². The number of hydrogen-bond acceptors (Lipinski definition) is 2. The minimum absolute atomic E-state index is 0.287. The van der Waals surface area contributed by atoms with Gasteiger partial charge in [-0.25, -0.2) is 0 Å². The van der Waals surface area contributed by atoms with Crippen molar-refractivity contribution in [1.82, 2.24) is 4.98 Å². The summed E-state index contributed by atoms with van der Waals surface area (Å²) >= 11 is 5.56. The van der Waals surface area contributed by atoms with Crippen LogP contribution >= 0.6 is 11.6 Å². The number of carbonyl (C=O) groups is 1. The Kier molecular flexibility index (Phi) is 2.02. The first-order chi connectivity index (χ1) is 4.72. The lowest BCUT2D eigenvalue weighted by atomic mass is 10.2. The number of Topliss-reactive ketones (excluding diaryl/α,β-unsaturated/α-hetero) is 1. The Bertz CT molecular complexity index is 260. The highest BCUT2D eigenvalue weighted by molar-refractivity contribution is 6.34. The molecular weight excluding hydrogens is 150 g/mol. The zero-order chi connectivity index (χ0) is 7.56. The fourth-order valence-corrected chi connectivity index (χ4v) is 0.787. The average Bonchev–Trinajstić information content (AvgIpc) is 1.88. The molecular formula is C7H4ClNO. The molecule has 1 aromatic rings. The Balaban J connectivity index is 3.15. The predicted octanol–water partition coefficient (Wildman–Crippen LogP) is 1.63. The normalized spacial score (nSPS) is 9.40. The van der Waals surface area contributed by atoms with Crippen molar-refractivity contribution < 1.29 is 4.79 Å². The molecule has 0 aromatic carbocycles. The van der Waals surface area contributed by atoms with Crippen LogP contribution in [-0.4, -0.2) is 10.8 Å². The molecule has 0 unspecified atom stereocenters. The number of pyridine rings is 1. The van der Waals surface area contributed by atoms with Crippen LogP contribution in [0.25, 0.3) is 0 Å². The van der Waals surface area contributed by atoms with Crippen LogP contribution in [0.2, 0.25) is 5.02 Å². The third kappa shape index (κ3) is 1.33. The van der Waals surface area contributed by atoms with Crippen LogP contribution < -0.4 is 0 Å². The molecule has 10 heavy (non-hydrogen) atoms. The van der Waals surface area contributed by atoms with E-state index in [1.54, 1.807) is 0 Å². The topological polar surface area (TPSA) is 30.0 Å². The van der Waals surface area contributed by atoms with E-state index in [-0.39, 0.29) is 5.02 Å². The number of hydrogen-bond donors (Lipinski definition) is 0. The molecule has 0 amide bonds. The van der Waals surface area contributed by atoms with Crippen molar-refractivity contribution >= 4 is 17.4 Å². The summed E-state index contributed by atoms with van der Waals surface area (Å²) in [5.41, 5.74) is 0.302. The Morgan fingerprint density at radius 2 is 2.40 bits per heavy atom. The highest BCUT2D eigenvalue weighted by Crippen LogP contribution is 2.12. The fraction of sp³-hybridized carbons (Fsp3) is 0. The van der Waals surface area contributed by atoms with Crippen molar-refractivity contribution in [2.75, 3.05) is 0 Å². The standard InChI is InChI=1S/C7H4ClNO/c1-5(10)6-2-3-9-4-7(6)8/h1-4H. The van der Waals surface area contributed by atoms with Gasteiger partial charge in [0.1, 0.15) is 0 Å². The van der Waals surface area contributed by atoms with Crippen LogP contribution in [0.4, 0.5) is 0 Å². The molecule has 0 atom stereocenters. The van der Waals surface area contributed by atoms with Gasteiger partial charge < -0.3 is 0 Å². The number of ketones is 1. The van der Waals surface area contributed by atoms with Crippen molar-refractivity contribution in [3.8, 4) is 0 Å². The van der Waals surface area contributed by atoms with Gasteiger partial charge in [0.25, 0.3) is 0 Å². The van der Waals surface area contributed by atoms with Crippen molar-refractivity contribution in [3.05, 3.63) is 36.0 Å². The first-order valence-corrected chi connectivity index (χ1v) is 2.99. The average molecular weight is 154 g/mol. The maximum absolute atomic E-state index is 10.5. The molecule has 0 aliphatic carbocycles. The lowest BCUT2D eigenvalue weighted by Gasteiger charge is -1.94. The first-order valence-electron chi connectivity index (χ1n) is 2.61. The van der Waals surface area contributed by atoms with Gasteiger partial charge in [-0.3, -0.25) is 9.78 Å². The van der Waals surface area contributed by atoms with Crippen molar-refractivity contribution in [2.24, 2.45) is 0 Å². The molecule has 0 spiro atoms. The van der Waals surface area contributed by atoms with E-state index in [9.17, 15) is 4.79 Å². The van der Waals surface area contributed by atoms with E-state index in [1.807, 2.05) is 0 Å². The smallest absolute Gasteiger partial charge is 0.169 e. The van der Waals surface area contributed by atoms with Crippen LogP contribution in [-0.2, 0) is 0 Å². The van der Waals surface area contributed by atoms with Gasteiger partial charge in [0.05, 0.1) is 5.02 Å². The van der Waals surface area contributed by atoms with E-state index in [4.69, 9.17) is 18.5 Å². The van der Waals surface area contributed by atoms with E-state index >= 15 is 0 Å². The van der Waals surface area contributed by atoms with Crippen LogP contribution in [0.15, 0.2) is 18.5 Å². The molecule has 0 fully saturated rings. The number of carbonyl (C=O) groups excluding carboxylic acids is 1. The highest BCUT2D eigenvalue weighted by atomic mass is 35.5. The molecule has 0 N–H and O–H groups in total. The number of nitrogens with zero attached hydrogens (tertiary/aromatic N) is 1. The molecule has 50 valence electrons. The molecule has 2 radical (unpaired) electrons. The van der Waals surface area contributed by atoms with E-state index in [0.717, 1.165) is 0 Å². The monoisotopic (exact) mass is 153 g/mol. The summed E-state index contributed by atoms with van der Waals surface area (Å²) in [5.74, 6) is -0.535. The van der Waals surface area contributed by atoms with Crippen molar-refractivity contribution in [3.63, 3.8) is 0 Å². The summed E-state index contributed by atoms with van der Waals surface area (Å²) < 4.78 is 0. The van der Waals surface area contributed by atoms with E-state index < -0.39 is 5.78 Å². The summed E-state index contributed by atoms with van der Waals surface area (Å²) in [5, 5.41) is 0.287. The van der Waals surface area contributed by atoms with Crippen molar-refractivity contribution in [2.45, 2.75) is 0 Å². The number of rotatable bonds is 1. The van der Waals surface area contributed by atoms with Crippen molar-refractivity contribution in [1.29, 1.82) is 0 Å². The van der Waals surface area contributed by atoms with Gasteiger partial charge in [-0.15, -0.1) is 0 Å². The van der Waals surface area contributed by atoms with Gasteiger partial charge in [0.15, 0.2) is 5.78 Å². The Morgan fingerprint density at radius 3 is 2.80 bits per heavy atom. The molecule has 0 saturated carbocycles. The lowest BCUT2D eigenvalue weighted by Crippen LogP contribution is -1.93. The fourth-order valence-electron chi connectivity index (χ4n) is 0.575. The van der Waals surface area contributed by atoms with Crippen LogP contribution in [0.5, 0.6) is 0 Å². The number of aromatic nitrogens is 1. The second-order valence-corrected chi connectivity index (χ2v) is 2.13. The quantitative estimate of drug-likeness (QED) is 0.574. The summed E-state index contributed by atoms with van der Waals surface area (Å²) in [4.78, 5) is 14.2. The lowest BCUT2D eigenvalue weighted by molar-refractivity contribution is 0.104. The maximum Gasteiger partial charge on any atom is 0.169 e. The summed E-state index contributed by atoms with van der Waals surface area (Å²) in [6.07, 6.45) is 2.84. The van der Waals surface area contributed by atoms with Crippen LogP contribution in [0.3, 0.4) is 0 Å². The molecule has 0 aliphatic rings. The molecule has 0 saturated heterocycles. The predicted molar refractivity (Wildman–Crippen MR) is 37.9 cm³/mol. The van der Waals surface area contributed by atoms with Crippen LogP contribution in [0, 0.1) is 6.92 Å². The van der Waals surface area contributed by atoms with Gasteiger partial charge in [-0.1, -0.05) is 11.6 Å². The maximum atomic E-state index is 10.5. The zero-order valence-corrected chi connectivity index (χ0v) is 5.80. The molecule has 1 heterocycles. The van der Waals surface area contributed by atoms with Gasteiger partial charge in [-0.05, 0) is 6.07 Å².